The molecule has 22 heteroatoms. The Labute approximate surface area is 402 Å². The minimum atomic E-state index is -0.592. The topological polar surface area (TPSA) is 160 Å². The smallest absolute Gasteiger partial charge is 0.415 e. The number of rotatable bonds is 8. The molecule has 0 aliphatic carbocycles. The van der Waals surface area contributed by atoms with E-state index in [4.69, 9.17) is 42.1 Å². The summed E-state index contributed by atoms with van der Waals surface area (Å²) >= 11 is 11.8. The van der Waals surface area contributed by atoms with Crippen molar-refractivity contribution in [3.05, 3.63) is 95.0 Å². The Bertz CT molecular complexity index is 2510. The molecule has 0 saturated carbocycles. The molecule has 0 spiro atoms. The molecule has 0 radical (unpaired) electrons. The number of piperazine rings is 2. The number of ether oxygens (including phenoxy) is 4. The molecule has 4 heterocycles. The SMILES string of the molecule is COc1cc2ncnc(Nc3cccc(Cl)c3F)c2cc1OC(=O)N1CCN(C)C[C@H]1C.COc1cc2ncnc(Nc3cccc(Cl)c3F)c2cc1OC(=O)N1CCN(C)C[C@H]1C.Cl.Cl. The van der Waals surface area contributed by atoms with E-state index in [-0.39, 0.29) is 69.8 Å². The third-order valence-electron chi connectivity index (χ3n) is 10.8. The quantitative estimate of drug-likeness (QED) is 0.148. The van der Waals surface area contributed by atoms with E-state index in [1.54, 1.807) is 58.3 Å². The number of halogens is 6. The second-order valence-electron chi connectivity index (χ2n) is 15.3. The maximum Gasteiger partial charge on any atom is 0.415 e. The van der Waals surface area contributed by atoms with Crippen molar-refractivity contribution in [2.24, 2.45) is 0 Å². The van der Waals surface area contributed by atoms with Crippen molar-refractivity contribution >= 4 is 105 Å². The molecule has 2 atom stereocenters. The highest BCUT2D eigenvalue weighted by Gasteiger charge is 2.30. The van der Waals surface area contributed by atoms with Crippen LogP contribution >= 0.6 is 48.0 Å². The largest absolute Gasteiger partial charge is 0.493 e. The molecular formula is C44H48Cl4F2N10O6. The van der Waals surface area contributed by atoms with Crippen molar-refractivity contribution < 1.29 is 37.3 Å². The number of carbonyl (C=O) groups excluding carboxylic acids is 2. The summed E-state index contributed by atoms with van der Waals surface area (Å²) in [5.74, 6) is 0.641. The Kier molecular flexibility index (Phi) is 17.6. The van der Waals surface area contributed by atoms with Gasteiger partial charge in [-0.25, -0.2) is 38.3 Å². The summed E-state index contributed by atoms with van der Waals surface area (Å²) in [6.45, 7) is 8.14. The van der Waals surface area contributed by atoms with E-state index in [9.17, 15) is 18.4 Å². The van der Waals surface area contributed by atoms with Crippen molar-refractivity contribution in [3.8, 4) is 23.0 Å². The molecule has 352 valence electrons. The molecule has 2 aliphatic rings. The molecule has 2 N–H and O–H groups in total. The second-order valence-corrected chi connectivity index (χ2v) is 16.1. The van der Waals surface area contributed by atoms with Crippen LogP contribution in [0, 0.1) is 11.6 Å². The van der Waals surface area contributed by atoms with Crippen LogP contribution in [-0.4, -0.2) is 131 Å². The van der Waals surface area contributed by atoms with Crippen LogP contribution in [0.2, 0.25) is 10.0 Å². The van der Waals surface area contributed by atoms with Gasteiger partial charge in [-0.2, -0.15) is 0 Å². The van der Waals surface area contributed by atoms with Crippen molar-refractivity contribution in [3.63, 3.8) is 0 Å². The van der Waals surface area contributed by atoms with Gasteiger partial charge < -0.3 is 49.2 Å². The van der Waals surface area contributed by atoms with Crippen LogP contribution in [0.25, 0.3) is 21.8 Å². The number of likely N-dealkylation sites (N-methyl/N-ethyl adjacent to an activating group) is 2. The van der Waals surface area contributed by atoms with E-state index in [0.717, 1.165) is 26.2 Å². The molecule has 66 heavy (non-hydrogen) atoms. The number of amides is 2. The van der Waals surface area contributed by atoms with E-state index in [1.165, 1.54) is 39.0 Å². The fourth-order valence-corrected chi connectivity index (χ4v) is 7.74. The number of nitrogens with zero attached hydrogens (tertiary/aromatic N) is 8. The van der Waals surface area contributed by atoms with Gasteiger partial charge in [-0.3, -0.25) is 0 Å². The highest BCUT2D eigenvalue weighted by molar-refractivity contribution is 6.31. The molecule has 16 nitrogen and oxygen atoms in total. The molecule has 2 aromatic heterocycles. The molecule has 2 fully saturated rings. The van der Waals surface area contributed by atoms with Crippen LogP contribution in [0.15, 0.2) is 73.3 Å². The molecule has 6 aromatic rings. The lowest BCUT2D eigenvalue weighted by Crippen LogP contribution is -2.53. The Hall–Kier alpha value is -5.76. The Balaban J connectivity index is 0.000000240. The zero-order valence-corrected chi connectivity index (χ0v) is 39.8. The van der Waals surface area contributed by atoms with Gasteiger partial charge >= 0.3 is 12.2 Å². The summed E-state index contributed by atoms with van der Waals surface area (Å²) in [6, 6.07) is 15.8. The van der Waals surface area contributed by atoms with Gasteiger partial charge in [0.1, 0.15) is 24.3 Å². The third kappa shape index (κ3) is 11.6. The van der Waals surface area contributed by atoms with E-state index >= 15 is 0 Å². The summed E-state index contributed by atoms with van der Waals surface area (Å²) in [7, 11) is 7.00. The Morgan fingerprint density at radius 2 is 1.02 bits per heavy atom. The van der Waals surface area contributed by atoms with Gasteiger partial charge in [-0.15, -0.1) is 24.8 Å². The monoisotopic (exact) mass is 990 g/mol. The summed E-state index contributed by atoms with van der Waals surface area (Å²) in [4.78, 5) is 50.4. The van der Waals surface area contributed by atoms with Gasteiger partial charge in [0.15, 0.2) is 34.6 Å². The van der Waals surface area contributed by atoms with Crippen molar-refractivity contribution in [1.82, 2.24) is 39.5 Å². The first-order valence-electron chi connectivity index (χ1n) is 20.2. The summed E-state index contributed by atoms with van der Waals surface area (Å²) in [5, 5.41) is 6.93. The Morgan fingerprint density at radius 3 is 1.38 bits per heavy atom. The van der Waals surface area contributed by atoms with E-state index in [2.05, 4.69) is 40.4 Å². The molecular weight excluding hydrogens is 944 g/mol. The zero-order valence-electron chi connectivity index (χ0n) is 36.7. The van der Waals surface area contributed by atoms with Gasteiger partial charge in [-0.1, -0.05) is 35.3 Å². The molecule has 2 amide bonds. The number of aromatic nitrogens is 4. The lowest BCUT2D eigenvalue weighted by molar-refractivity contribution is 0.0880. The minimum Gasteiger partial charge on any atom is -0.493 e. The van der Waals surface area contributed by atoms with Crippen LogP contribution in [0.5, 0.6) is 23.0 Å². The first kappa shape index (κ1) is 51.2. The lowest BCUT2D eigenvalue weighted by Gasteiger charge is -2.37. The highest BCUT2D eigenvalue weighted by Crippen LogP contribution is 2.38. The fourth-order valence-electron chi connectivity index (χ4n) is 7.39. The zero-order chi connectivity index (χ0) is 45.7. The van der Waals surface area contributed by atoms with Gasteiger partial charge in [0.25, 0.3) is 0 Å². The maximum absolute atomic E-state index is 14.4. The number of carbonyl (C=O) groups is 2. The van der Waals surface area contributed by atoms with Crippen LogP contribution in [0.4, 0.5) is 41.4 Å². The van der Waals surface area contributed by atoms with Crippen LogP contribution in [-0.2, 0) is 0 Å². The van der Waals surface area contributed by atoms with Gasteiger partial charge in [0.2, 0.25) is 0 Å². The van der Waals surface area contributed by atoms with Gasteiger partial charge in [0, 0.05) is 74.3 Å². The second kappa shape index (κ2) is 22.6. The number of nitrogens with one attached hydrogen (secondary N) is 2. The van der Waals surface area contributed by atoms with Crippen LogP contribution < -0.4 is 29.6 Å². The first-order chi connectivity index (χ1) is 30.7. The molecule has 0 bridgehead atoms. The molecule has 0 unspecified atom stereocenters. The predicted molar refractivity (Wildman–Crippen MR) is 255 cm³/mol. The third-order valence-corrected chi connectivity index (χ3v) is 11.4. The average molecular weight is 993 g/mol. The standard InChI is InChI=1S/2C22H23ClFN5O3.2ClH/c2*1-13-11-28(2)7-8-29(13)22(30)32-19-9-14-17(10-18(19)31-3)25-12-26-21(14)27-16-6-4-5-15(23)20(16)24;;/h2*4-6,9-10,12-13H,7-8,11H2,1-3H3,(H,25,26,27);2*1H/t2*13-;;/m11../s1. The number of benzene rings is 4. The van der Waals surface area contributed by atoms with E-state index in [0.29, 0.717) is 58.0 Å². The van der Waals surface area contributed by atoms with Gasteiger partial charge in [0.05, 0.1) is 46.7 Å². The molecule has 4 aromatic carbocycles. The fraction of sp³-hybridized carbons (Fsp3) is 0.318. The molecule has 2 aliphatic heterocycles. The number of hydrogen-bond donors (Lipinski definition) is 2. The van der Waals surface area contributed by atoms with Crippen molar-refractivity contribution in [2.75, 3.05) is 78.2 Å². The van der Waals surface area contributed by atoms with Crippen molar-refractivity contribution in [1.29, 1.82) is 0 Å². The Morgan fingerprint density at radius 1 is 0.621 bits per heavy atom. The normalized spacial score (nSPS) is 16.3. The number of anilines is 4. The number of hydrogen-bond acceptors (Lipinski definition) is 14. The van der Waals surface area contributed by atoms with Crippen LogP contribution in [0.1, 0.15) is 13.8 Å². The number of methoxy groups -OCH3 is 2. The lowest BCUT2D eigenvalue weighted by atomic mass is 10.2. The highest BCUT2D eigenvalue weighted by atomic mass is 35.5. The van der Waals surface area contributed by atoms with E-state index < -0.39 is 23.8 Å². The summed E-state index contributed by atoms with van der Waals surface area (Å²) in [5.41, 5.74) is 1.40. The molecule has 8 rings (SSSR count). The summed E-state index contributed by atoms with van der Waals surface area (Å²) < 4.78 is 51.0. The maximum atomic E-state index is 14.4. The summed E-state index contributed by atoms with van der Waals surface area (Å²) in [6.07, 6.45) is 1.78. The average Bonchev–Trinajstić information content (AvgIpc) is 3.27. The van der Waals surface area contributed by atoms with Crippen molar-refractivity contribution in [2.45, 2.75) is 25.9 Å². The number of fused-ring (bicyclic) bond motifs is 2. The van der Waals surface area contributed by atoms with Gasteiger partial charge in [-0.05, 0) is 64.3 Å². The first-order valence-corrected chi connectivity index (χ1v) is 20.9. The van der Waals surface area contributed by atoms with Crippen LogP contribution in [0.3, 0.4) is 0 Å². The minimum absolute atomic E-state index is 0. The molecule has 2 saturated heterocycles. The predicted octanol–water partition coefficient (Wildman–Crippen LogP) is 9.46. The van der Waals surface area contributed by atoms with E-state index in [1.807, 2.05) is 27.9 Å².